The van der Waals surface area contributed by atoms with Gasteiger partial charge in [-0.05, 0) is 50.1 Å². The largest absolute Gasteiger partial charge is 0.495 e. The van der Waals surface area contributed by atoms with Gasteiger partial charge >= 0.3 is 0 Å². The Morgan fingerprint density at radius 3 is 2.57 bits per heavy atom. The summed E-state index contributed by atoms with van der Waals surface area (Å²) < 4.78 is 36.9. The van der Waals surface area contributed by atoms with E-state index < -0.39 is 10.0 Å². The number of benzene rings is 2. The van der Waals surface area contributed by atoms with Crippen molar-refractivity contribution in [2.75, 3.05) is 25.5 Å². The molecule has 1 N–H and O–H groups in total. The van der Waals surface area contributed by atoms with Gasteiger partial charge in [0, 0.05) is 19.6 Å². The first kappa shape index (κ1) is 23.3. The number of hydrogen-bond acceptors (Lipinski definition) is 7. The van der Waals surface area contributed by atoms with Crippen LogP contribution in [0.2, 0.25) is 0 Å². The topological polar surface area (TPSA) is 111 Å². The molecule has 1 fully saturated rings. The Morgan fingerprint density at radius 1 is 1.06 bits per heavy atom. The van der Waals surface area contributed by atoms with Crippen molar-refractivity contribution in [2.45, 2.75) is 44.2 Å². The van der Waals surface area contributed by atoms with Gasteiger partial charge in [0.15, 0.2) is 5.82 Å². The molecule has 35 heavy (non-hydrogen) atoms. The molecule has 10 nitrogen and oxygen atoms in total. The second-order valence-electron chi connectivity index (χ2n) is 8.50. The number of nitrogens with zero attached hydrogens (tertiary/aromatic N) is 5. The van der Waals surface area contributed by atoms with E-state index in [0.717, 1.165) is 19.3 Å². The van der Waals surface area contributed by atoms with E-state index in [2.05, 4.69) is 15.5 Å². The van der Waals surface area contributed by atoms with Crippen molar-refractivity contribution >= 4 is 32.4 Å². The van der Waals surface area contributed by atoms with Crippen molar-refractivity contribution in [1.29, 1.82) is 0 Å². The number of sulfonamides is 1. The molecule has 0 aliphatic carbocycles. The first-order valence-electron chi connectivity index (χ1n) is 11.7. The highest BCUT2D eigenvalue weighted by molar-refractivity contribution is 7.89. The van der Waals surface area contributed by atoms with E-state index in [1.807, 2.05) is 29.5 Å². The number of piperidine rings is 1. The summed E-state index contributed by atoms with van der Waals surface area (Å²) in [6.07, 6.45) is 2.79. The summed E-state index contributed by atoms with van der Waals surface area (Å²) in [4.78, 5) is 13.1. The zero-order valence-electron chi connectivity index (χ0n) is 19.8. The minimum atomic E-state index is -3.59. The molecule has 0 spiro atoms. The molecule has 2 aromatic heterocycles. The number of ether oxygens (including phenoxy) is 1. The SMILES string of the molecule is CCn1c(=O)c2ccccc2n2c(CNc3cc(S(=O)(=O)N4CCCCC4)ccc3OC)nnc12. The predicted molar refractivity (Wildman–Crippen MR) is 133 cm³/mol. The second kappa shape index (κ2) is 9.31. The molecule has 11 heteroatoms. The van der Waals surface area contributed by atoms with Crippen LogP contribution in [-0.4, -0.2) is 52.1 Å². The molecule has 0 radical (unpaired) electrons. The highest BCUT2D eigenvalue weighted by Crippen LogP contribution is 2.30. The Kier molecular flexibility index (Phi) is 6.20. The maximum Gasteiger partial charge on any atom is 0.262 e. The molecule has 0 amide bonds. The van der Waals surface area contributed by atoms with Crippen LogP contribution in [0.1, 0.15) is 32.0 Å². The average molecular weight is 497 g/mol. The molecule has 2 aromatic carbocycles. The number of hydrogen-bond donors (Lipinski definition) is 1. The summed E-state index contributed by atoms with van der Waals surface area (Å²) in [6, 6.07) is 12.2. The Labute approximate surface area is 203 Å². The fourth-order valence-electron chi connectivity index (χ4n) is 4.63. The number of aromatic nitrogens is 4. The molecule has 3 heterocycles. The van der Waals surface area contributed by atoms with E-state index in [1.165, 1.54) is 0 Å². The van der Waals surface area contributed by atoms with Gasteiger partial charge in [0.1, 0.15) is 5.75 Å². The number of nitrogens with one attached hydrogen (secondary N) is 1. The molecular weight excluding hydrogens is 468 g/mol. The van der Waals surface area contributed by atoms with E-state index in [9.17, 15) is 13.2 Å². The van der Waals surface area contributed by atoms with Gasteiger partial charge in [-0.25, -0.2) is 8.42 Å². The van der Waals surface area contributed by atoms with Crippen LogP contribution < -0.4 is 15.6 Å². The van der Waals surface area contributed by atoms with Crippen LogP contribution in [0.25, 0.3) is 16.7 Å². The molecule has 1 aliphatic rings. The average Bonchev–Trinajstić information content (AvgIpc) is 3.32. The van der Waals surface area contributed by atoms with Gasteiger partial charge in [-0.15, -0.1) is 10.2 Å². The van der Waals surface area contributed by atoms with E-state index in [1.54, 1.807) is 40.2 Å². The summed E-state index contributed by atoms with van der Waals surface area (Å²) in [6.45, 7) is 3.67. The van der Waals surface area contributed by atoms with Crippen LogP contribution in [-0.2, 0) is 23.1 Å². The Morgan fingerprint density at radius 2 is 1.83 bits per heavy atom. The number of fused-ring (bicyclic) bond motifs is 3. The standard InChI is InChI=1S/C24H28N6O4S/c1-3-29-23(31)18-9-5-6-10-20(18)30-22(26-27-24(29)30)16-25-19-15-17(11-12-21(19)34-2)35(32,33)28-13-7-4-8-14-28/h5-6,9-12,15,25H,3-4,7-8,13-14,16H2,1-2H3. The molecule has 1 saturated heterocycles. The van der Waals surface area contributed by atoms with Crippen LogP contribution in [0, 0.1) is 0 Å². The van der Waals surface area contributed by atoms with Gasteiger partial charge in [0.05, 0.1) is 35.1 Å². The van der Waals surface area contributed by atoms with Crippen molar-refractivity contribution in [2.24, 2.45) is 0 Å². The van der Waals surface area contributed by atoms with Gasteiger partial charge in [-0.3, -0.25) is 13.8 Å². The molecule has 5 rings (SSSR count). The molecule has 0 unspecified atom stereocenters. The van der Waals surface area contributed by atoms with Crippen molar-refractivity contribution in [3.63, 3.8) is 0 Å². The normalized spacial score (nSPS) is 15.0. The smallest absolute Gasteiger partial charge is 0.262 e. The third kappa shape index (κ3) is 4.04. The van der Waals surface area contributed by atoms with Gasteiger partial charge in [-0.1, -0.05) is 18.6 Å². The Bertz CT molecular complexity index is 1550. The van der Waals surface area contributed by atoms with Gasteiger partial charge < -0.3 is 10.1 Å². The molecule has 1 aliphatic heterocycles. The van der Waals surface area contributed by atoms with Crippen LogP contribution in [0.5, 0.6) is 5.75 Å². The van der Waals surface area contributed by atoms with Crippen LogP contribution in [0.4, 0.5) is 5.69 Å². The van der Waals surface area contributed by atoms with E-state index in [-0.39, 0.29) is 17.0 Å². The lowest BCUT2D eigenvalue weighted by molar-refractivity contribution is 0.346. The van der Waals surface area contributed by atoms with Crippen molar-refractivity contribution in [1.82, 2.24) is 23.5 Å². The fraction of sp³-hybridized carbons (Fsp3) is 0.375. The van der Waals surface area contributed by atoms with Gasteiger partial charge in [0.25, 0.3) is 5.56 Å². The van der Waals surface area contributed by atoms with Crippen molar-refractivity contribution in [3.8, 4) is 5.75 Å². The molecular formula is C24H28N6O4S. The molecule has 4 aromatic rings. The third-order valence-corrected chi connectivity index (χ3v) is 8.35. The van der Waals surface area contributed by atoms with E-state index in [4.69, 9.17) is 4.74 Å². The third-order valence-electron chi connectivity index (χ3n) is 6.45. The second-order valence-corrected chi connectivity index (χ2v) is 10.4. The maximum absolute atomic E-state index is 13.2. The Balaban J connectivity index is 1.52. The van der Waals surface area contributed by atoms with Gasteiger partial charge in [-0.2, -0.15) is 4.31 Å². The number of methoxy groups -OCH3 is 1. The lowest BCUT2D eigenvalue weighted by atomic mass is 10.2. The number of anilines is 1. The highest BCUT2D eigenvalue weighted by atomic mass is 32.2. The molecule has 0 atom stereocenters. The predicted octanol–water partition coefficient (Wildman–Crippen LogP) is 2.86. The first-order valence-corrected chi connectivity index (χ1v) is 13.2. The quantitative estimate of drug-likeness (QED) is 0.419. The fourth-order valence-corrected chi connectivity index (χ4v) is 6.17. The molecule has 184 valence electrons. The minimum Gasteiger partial charge on any atom is -0.495 e. The lowest BCUT2D eigenvalue weighted by Crippen LogP contribution is -2.35. The van der Waals surface area contributed by atoms with Crippen LogP contribution >= 0.6 is 0 Å². The highest BCUT2D eigenvalue weighted by Gasteiger charge is 2.27. The monoisotopic (exact) mass is 496 g/mol. The summed E-state index contributed by atoms with van der Waals surface area (Å²) in [5.74, 6) is 1.57. The van der Waals surface area contributed by atoms with E-state index >= 15 is 0 Å². The summed E-state index contributed by atoms with van der Waals surface area (Å²) in [5, 5.41) is 12.5. The molecule has 0 bridgehead atoms. The van der Waals surface area contributed by atoms with Crippen LogP contribution in [0.15, 0.2) is 52.2 Å². The first-order chi connectivity index (χ1) is 17.0. The minimum absolute atomic E-state index is 0.111. The van der Waals surface area contributed by atoms with E-state index in [0.29, 0.717) is 53.6 Å². The van der Waals surface area contributed by atoms with Crippen molar-refractivity contribution in [3.05, 3.63) is 58.6 Å². The number of aryl methyl sites for hydroxylation is 1. The van der Waals surface area contributed by atoms with Crippen LogP contribution in [0.3, 0.4) is 0 Å². The van der Waals surface area contributed by atoms with Gasteiger partial charge in [0.2, 0.25) is 15.8 Å². The van der Waals surface area contributed by atoms with Crippen molar-refractivity contribution < 1.29 is 13.2 Å². The summed E-state index contributed by atoms with van der Waals surface area (Å²) in [7, 11) is -2.05. The Hall–Kier alpha value is -3.44. The zero-order valence-corrected chi connectivity index (χ0v) is 20.6. The number of rotatable bonds is 7. The zero-order chi connectivity index (χ0) is 24.6. The molecule has 0 saturated carbocycles. The maximum atomic E-state index is 13.2. The summed E-state index contributed by atoms with van der Waals surface area (Å²) >= 11 is 0. The lowest BCUT2D eigenvalue weighted by Gasteiger charge is -2.26. The number of para-hydroxylation sites is 1. The summed E-state index contributed by atoms with van der Waals surface area (Å²) in [5.41, 5.74) is 1.14.